The topological polar surface area (TPSA) is 87.3 Å². The summed E-state index contributed by atoms with van der Waals surface area (Å²) in [5, 5.41) is 8.62. The molecule has 2 amide bonds. The van der Waals surface area contributed by atoms with Gasteiger partial charge in [-0.25, -0.2) is 17.9 Å². The number of benzene rings is 3. The summed E-state index contributed by atoms with van der Waals surface area (Å²) in [6.45, 7) is 1.72. The predicted octanol–water partition coefficient (Wildman–Crippen LogP) is 7.12. The minimum Gasteiger partial charge on any atom is -0.308 e. The molecule has 3 N–H and O–H groups in total. The number of amides is 2. The van der Waals surface area contributed by atoms with Crippen molar-refractivity contribution in [2.75, 3.05) is 10.6 Å². The summed E-state index contributed by atoms with van der Waals surface area (Å²) in [4.78, 5) is 12.6. The summed E-state index contributed by atoms with van der Waals surface area (Å²) in [5.74, 6) is 0. The number of hydrogen-bond acceptors (Lipinski definition) is 4. The molecule has 0 aliphatic rings. The highest BCUT2D eigenvalue weighted by Gasteiger charge is 2.30. The lowest BCUT2D eigenvalue weighted by Gasteiger charge is -2.17. The monoisotopic (exact) mass is 545 g/mol. The van der Waals surface area contributed by atoms with E-state index < -0.39 is 33.8 Å². The Morgan fingerprint density at radius 1 is 0.919 bits per heavy atom. The fourth-order valence-corrected chi connectivity index (χ4v) is 5.55. The van der Waals surface area contributed by atoms with Crippen molar-refractivity contribution in [1.82, 2.24) is 4.72 Å². The Balaban J connectivity index is 1.61. The molecule has 0 radical (unpaired) electrons. The van der Waals surface area contributed by atoms with Gasteiger partial charge in [0.15, 0.2) is 0 Å². The van der Waals surface area contributed by atoms with Crippen LogP contribution in [0.25, 0.3) is 11.1 Å². The molecule has 0 spiro atoms. The summed E-state index contributed by atoms with van der Waals surface area (Å²) in [5.41, 5.74) is 1.28. The first-order chi connectivity index (χ1) is 17.5. The first-order valence-electron chi connectivity index (χ1n) is 11.0. The molecule has 0 bridgehead atoms. The third kappa shape index (κ3) is 6.56. The van der Waals surface area contributed by atoms with Gasteiger partial charge in [-0.15, -0.1) is 0 Å². The van der Waals surface area contributed by atoms with Gasteiger partial charge in [0.05, 0.1) is 16.1 Å². The molecule has 11 heteroatoms. The Labute approximate surface area is 216 Å². The Morgan fingerprint density at radius 2 is 1.68 bits per heavy atom. The molecule has 0 aliphatic carbocycles. The molecule has 1 heterocycles. The Bertz CT molecular complexity index is 1490. The molecule has 4 rings (SSSR count). The highest BCUT2D eigenvalue weighted by atomic mass is 32.2. The average Bonchev–Trinajstić information content (AvgIpc) is 3.39. The van der Waals surface area contributed by atoms with E-state index in [4.69, 9.17) is 0 Å². The van der Waals surface area contributed by atoms with Gasteiger partial charge in [-0.1, -0.05) is 42.5 Å². The number of sulfonamides is 1. The molecule has 6 nitrogen and oxygen atoms in total. The van der Waals surface area contributed by atoms with E-state index in [-0.39, 0.29) is 16.3 Å². The van der Waals surface area contributed by atoms with Gasteiger partial charge in [-0.3, -0.25) is 0 Å². The van der Waals surface area contributed by atoms with E-state index in [2.05, 4.69) is 15.4 Å². The van der Waals surface area contributed by atoms with Gasteiger partial charge in [-0.05, 0) is 65.2 Å². The lowest BCUT2D eigenvalue weighted by molar-refractivity contribution is -0.137. The normalized spacial score (nSPS) is 12.6. The molecule has 1 aromatic heterocycles. The van der Waals surface area contributed by atoms with E-state index in [1.54, 1.807) is 43.3 Å². The Kier molecular flexibility index (Phi) is 7.67. The maximum Gasteiger partial charge on any atom is 0.416 e. The van der Waals surface area contributed by atoms with Crippen molar-refractivity contribution in [2.24, 2.45) is 0 Å². The smallest absolute Gasteiger partial charge is 0.308 e. The van der Waals surface area contributed by atoms with Gasteiger partial charge < -0.3 is 10.6 Å². The second-order valence-corrected chi connectivity index (χ2v) is 10.6. The van der Waals surface area contributed by atoms with Crippen LogP contribution >= 0.6 is 11.3 Å². The van der Waals surface area contributed by atoms with E-state index in [0.717, 1.165) is 23.3 Å². The number of carbonyl (C=O) groups is 1. The van der Waals surface area contributed by atoms with Gasteiger partial charge >= 0.3 is 12.2 Å². The second kappa shape index (κ2) is 10.8. The minimum absolute atomic E-state index is 0.0634. The predicted molar refractivity (Wildman–Crippen MR) is 139 cm³/mol. The van der Waals surface area contributed by atoms with Crippen LogP contribution in [-0.2, 0) is 16.2 Å². The molecule has 37 heavy (non-hydrogen) atoms. The highest BCUT2D eigenvalue weighted by Crippen LogP contribution is 2.33. The van der Waals surface area contributed by atoms with Crippen LogP contribution in [0.4, 0.5) is 29.3 Å². The van der Waals surface area contributed by atoms with Crippen molar-refractivity contribution < 1.29 is 26.4 Å². The molecule has 0 aliphatic heterocycles. The van der Waals surface area contributed by atoms with E-state index in [1.807, 2.05) is 16.8 Å². The molecule has 0 unspecified atom stereocenters. The number of alkyl halides is 3. The molecule has 192 valence electrons. The van der Waals surface area contributed by atoms with Crippen LogP contribution < -0.4 is 15.4 Å². The first kappa shape index (κ1) is 26.4. The molecule has 0 saturated heterocycles. The van der Waals surface area contributed by atoms with E-state index >= 15 is 0 Å². The largest absolute Gasteiger partial charge is 0.416 e. The zero-order valence-electron chi connectivity index (χ0n) is 19.4. The number of carbonyl (C=O) groups excluding carboxylic acids is 1. The summed E-state index contributed by atoms with van der Waals surface area (Å²) < 4.78 is 68.0. The number of halogens is 3. The van der Waals surface area contributed by atoms with Crippen molar-refractivity contribution in [3.63, 3.8) is 0 Å². The number of anilines is 2. The van der Waals surface area contributed by atoms with Crippen LogP contribution in [-0.4, -0.2) is 14.4 Å². The van der Waals surface area contributed by atoms with Gasteiger partial charge in [0.1, 0.15) is 0 Å². The third-order valence-corrected chi connectivity index (χ3v) is 7.68. The summed E-state index contributed by atoms with van der Waals surface area (Å²) in [6.07, 6.45) is -4.56. The fourth-order valence-electron chi connectivity index (χ4n) is 3.63. The van der Waals surface area contributed by atoms with Crippen LogP contribution in [0.1, 0.15) is 24.1 Å². The van der Waals surface area contributed by atoms with Crippen molar-refractivity contribution in [2.45, 2.75) is 24.0 Å². The van der Waals surface area contributed by atoms with Crippen LogP contribution in [0.5, 0.6) is 0 Å². The molecule has 0 fully saturated rings. The Hall–Kier alpha value is -3.67. The summed E-state index contributed by atoms with van der Waals surface area (Å²) in [6, 6.07) is 18.1. The van der Waals surface area contributed by atoms with Gasteiger partial charge in [0.2, 0.25) is 10.0 Å². The summed E-state index contributed by atoms with van der Waals surface area (Å²) >= 11 is 1.42. The number of nitrogens with one attached hydrogen (secondary N) is 3. The van der Waals surface area contributed by atoms with Crippen molar-refractivity contribution in [1.29, 1.82) is 0 Å². The van der Waals surface area contributed by atoms with Crippen LogP contribution in [0.2, 0.25) is 0 Å². The molecular formula is C26H22F3N3O3S2. The SMILES string of the molecule is C[C@@H](NS(=O)(=O)c1ccc(-c2ccsc2)c(NC(=O)Nc2cccc(C(F)(F)F)c2)c1)c1ccccc1. The first-order valence-corrected chi connectivity index (χ1v) is 13.4. The fraction of sp³-hybridized carbons (Fsp3) is 0.115. The van der Waals surface area contributed by atoms with Crippen molar-refractivity contribution >= 4 is 38.8 Å². The summed E-state index contributed by atoms with van der Waals surface area (Å²) in [7, 11) is -3.98. The molecule has 3 aromatic carbocycles. The number of hydrogen-bond donors (Lipinski definition) is 3. The molecule has 1 atom stereocenters. The number of urea groups is 1. The standard InChI is InChI=1S/C26H22F3N3O3S2/c1-17(18-6-3-2-4-7-18)32-37(34,35)22-10-11-23(19-12-13-36-16-19)24(15-22)31-25(33)30-21-9-5-8-20(14-21)26(27,28)29/h2-17,32H,1H3,(H2,30,31,33)/t17-/m1/s1. The molecule has 0 saturated carbocycles. The highest BCUT2D eigenvalue weighted by molar-refractivity contribution is 7.89. The number of thiophene rings is 1. The van der Waals surface area contributed by atoms with Crippen molar-refractivity contribution in [3.8, 4) is 11.1 Å². The maximum atomic E-state index is 13.1. The lowest BCUT2D eigenvalue weighted by Crippen LogP contribution is -2.27. The van der Waals surface area contributed by atoms with E-state index in [1.165, 1.54) is 35.6 Å². The lowest BCUT2D eigenvalue weighted by atomic mass is 10.1. The van der Waals surface area contributed by atoms with Gasteiger partial charge in [0.25, 0.3) is 0 Å². The van der Waals surface area contributed by atoms with Gasteiger partial charge in [-0.2, -0.15) is 24.5 Å². The zero-order chi connectivity index (χ0) is 26.6. The molecule has 4 aromatic rings. The maximum absolute atomic E-state index is 13.1. The molecular weight excluding hydrogens is 523 g/mol. The average molecular weight is 546 g/mol. The van der Waals surface area contributed by atoms with E-state index in [0.29, 0.717) is 5.56 Å². The minimum atomic E-state index is -4.56. The van der Waals surface area contributed by atoms with Crippen LogP contribution in [0, 0.1) is 0 Å². The quantitative estimate of drug-likeness (QED) is 0.231. The van der Waals surface area contributed by atoms with Crippen molar-refractivity contribution in [3.05, 3.63) is 101 Å². The number of rotatable bonds is 7. The Morgan fingerprint density at radius 3 is 2.35 bits per heavy atom. The van der Waals surface area contributed by atoms with Crippen LogP contribution in [0.15, 0.2) is 94.5 Å². The van der Waals surface area contributed by atoms with Gasteiger partial charge in [0, 0.05) is 17.3 Å². The van der Waals surface area contributed by atoms with E-state index in [9.17, 15) is 26.4 Å². The zero-order valence-corrected chi connectivity index (χ0v) is 21.0. The second-order valence-electron chi connectivity index (χ2n) is 8.13. The third-order valence-electron chi connectivity index (χ3n) is 5.46. The van der Waals surface area contributed by atoms with Crippen LogP contribution in [0.3, 0.4) is 0 Å².